The molecule has 1 aliphatic heterocycles. The molecule has 1 N–H and O–H groups in total. The average Bonchev–Trinajstić information content (AvgIpc) is 2.31. The van der Waals surface area contributed by atoms with Crippen molar-refractivity contribution >= 4 is 28.5 Å². The number of ether oxygens (including phenoxy) is 1. The molecule has 0 radical (unpaired) electrons. The zero-order valence-corrected chi connectivity index (χ0v) is 11.7. The van der Waals surface area contributed by atoms with Crippen LogP contribution in [-0.2, 0) is 4.74 Å². The van der Waals surface area contributed by atoms with E-state index < -0.39 is 0 Å². The number of nitrogens with zero attached hydrogens (tertiary/aromatic N) is 1. The highest BCUT2D eigenvalue weighted by Gasteiger charge is 2.24. The van der Waals surface area contributed by atoms with Crippen molar-refractivity contribution in [3.05, 3.63) is 27.3 Å². The monoisotopic (exact) mass is 347 g/mol. The van der Waals surface area contributed by atoms with Crippen molar-refractivity contribution in [3.8, 4) is 5.75 Å². The molecule has 0 aliphatic carbocycles. The Hall–Kier alpha value is -0.820. The molecule has 1 aromatic carbocycles. The molecule has 2 rings (SSSR count). The van der Waals surface area contributed by atoms with E-state index in [9.17, 15) is 9.90 Å². The Balaban J connectivity index is 2.21. The molecule has 0 spiro atoms. The number of hydrogen-bond donors (Lipinski definition) is 1. The third kappa shape index (κ3) is 2.90. The second-order valence-electron chi connectivity index (χ2n) is 4.09. The number of carbonyl (C=O) groups is 1. The molecular formula is C12H14INO3. The van der Waals surface area contributed by atoms with E-state index in [0.29, 0.717) is 25.3 Å². The van der Waals surface area contributed by atoms with Gasteiger partial charge in [0.15, 0.2) is 0 Å². The zero-order valence-electron chi connectivity index (χ0n) is 9.52. The van der Waals surface area contributed by atoms with Crippen molar-refractivity contribution in [2.45, 2.75) is 13.0 Å². The minimum atomic E-state index is -0.129. The standard InChI is InChI=1S/C12H14INO3/c1-8-7-14(4-5-17-8)12(16)10-6-9(13)2-3-11(10)15/h2-3,6,8,15H,4-5,7H2,1H3. The van der Waals surface area contributed by atoms with Gasteiger partial charge in [0.2, 0.25) is 0 Å². The summed E-state index contributed by atoms with van der Waals surface area (Å²) < 4.78 is 6.33. The van der Waals surface area contributed by atoms with E-state index in [-0.39, 0.29) is 17.8 Å². The van der Waals surface area contributed by atoms with Crippen LogP contribution in [0.15, 0.2) is 18.2 Å². The number of phenolic OH excluding ortho intramolecular Hbond substituents is 1. The highest BCUT2D eigenvalue weighted by Crippen LogP contribution is 2.22. The molecule has 4 nitrogen and oxygen atoms in total. The van der Waals surface area contributed by atoms with E-state index in [1.807, 2.05) is 6.92 Å². The Morgan fingerprint density at radius 2 is 2.35 bits per heavy atom. The van der Waals surface area contributed by atoms with Crippen LogP contribution in [-0.4, -0.2) is 41.7 Å². The van der Waals surface area contributed by atoms with Crippen LogP contribution < -0.4 is 0 Å². The van der Waals surface area contributed by atoms with Crippen molar-refractivity contribution in [1.29, 1.82) is 0 Å². The molecule has 0 saturated carbocycles. The second-order valence-corrected chi connectivity index (χ2v) is 5.34. The van der Waals surface area contributed by atoms with Gasteiger partial charge in [0.25, 0.3) is 5.91 Å². The number of phenols is 1. The average molecular weight is 347 g/mol. The molecule has 1 fully saturated rings. The van der Waals surface area contributed by atoms with E-state index in [1.54, 1.807) is 23.1 Å². The smallest absolute Gasteiger partial charge is 0.257 e. The van der Waals surface area contributed by atoms with Crippen molar-refractivity contribution < 1.29 is 14.6 Å². The lowest BCUT2D eigenvalue weighted by Crippen LogP contribution is -2.44. The fraction of sp³-hybridized carbons (Fsp3) is 0.417. The number of carbonyl (C=O) groups excluding carboxylic acids is 1. The molecule has 1 aromatic rings. The third-order valence-electron chi connectivity index (χ3n) is 2.72. The van der Waals surface area contributed by atoms with Crippen LogP contribution in [0.25, 0.3) is 0 Å². The lowest BCUT2D eigenvalue weighted by molar-refractivity contribution is -0.0125. The summed E-state index contributed by atoms with van der Waals surface area (Å²) in [5.74, 6) is -0.0919. The van der Waals surface area contributed by atoms with Crippen LogP contribution in [0.1, 0.15) is 17.3 Å². The third-order valence-corrected chi connectivity index (χ3v) is 3.39. The fourth-order valence-corrected chi connectivity index (χ4v) is 2.34. The van der Waals surface area contributed by atoms with Gasteiger partial charge in [0.1, 0.15) is 5.75 Å². The van der Waals surface area contributed by atoms with Gasteiger partial charge in [-0.25, -0.2) is 0 Å². The summed E-state index contributed by atoms with van der Waals surface area (Å²) in [7, 11) is 0. The normalized spacial score (nSPS) is 20.4. The van der Waals surface area contributed by atoms with Crippen molar-refractivity contribution in [2.75, 3.05) is 19.7 Å². The molecule has 1 saturated heterocycles. The summed E-state index contributed by atoms with van der Waals surface area (Å²) in [6.45, 7) is 3.64. The van der Waals surface area contributed by atoms with Crippen LogP contribution in [0.5, 0.6) is 5.75 Å². The minimum Gasteiger partial charge on any atom is -0.507 e. The summed E-state index contributed by atoms with van der Waals surface area (Å²) >= 11 is 2.12. The minimum absolute atomic E-state index is 0.0366. The van der Waals surface area contributed by atoms with Crippen LogP contribution >= 0.6 is 22.6 Å². The first-order chi connectivity index (χ1) is 8.08. The molecule has 17 heavy (non-hydrogen) atoms. The Morgan fingerprint density at radius 1 is 1.59 bits per heavy atom. The van der Waals surface area contributed by atoms with E-state index in [0.717, 1.165) is 3.57 Å². The quantitative estimate of drug-likeness (QED) is 0.789. The number of halogens is 1. The summed E-state index contributed by atoms with van der Waals surface area (Å²) in [6, 6.07) is 5.03. The van der Waals surface area contributed by atoms with E-state index >= 15 is 0 Å². The van der Waals surface area contributed by atoms with Gasteiger partial charge in [-0.05, 0) is 47.7 Å². The maximum Gasteiger partial charge on any atom is 0.257 e. The molecule has 1 amide bonds. The van der Waals surface area contributed by atoms with Crippen LogP contribution in [0, 0.1) is 3.57 Å². The molecule has 1 heterocycles. The number of hydrogen-bond acceptors (Lipinski definition) is 3. The van der Waals surface area contributed by atoms with E-state index in [1.165, 1.54) is 0 Å². The van der Waals surface area contributed by atoms with Gasteiger partial charge in [0.05, 0.1) is 18.3 Å². The van der Waals surface area contributed by atoms with E-state index in [2.05, 4.69) is 22.6 Å². The Bertz CT molecular complexity index is 436. The molecule has 0 bridgehead atoms. The molecule has 1 unspecified atom stereocenters. The lowest BCUT2D eigenvalue weighted by Gasteiger charge is -2.31. The number of morpholine rings is 1. The van der Waals surface area contributed by atoms with Gasteiger partial charge in [-0.3, -0.25) is 4.79 Å². The summed E-state index contributed by atoms with van der Waals surface area (Å²) in [5, 5.41) is 9.72. The maximum absolute atomic E-state index is 12.2. The Morgan fingerprint density at radius 3 is 3.06 bits per heavy atom. The molecule has 92 valence electrons. The highest BCUT2D eigenvalue weighted by atomic mass is 127. The lowest BCUT2D eigenvalue weighted by atomic mass is 10.1. The fourth-order valence-electron chi connectivity index (χ4n) is 1.85. The molecule has 1 atom stereocenters. The van der Waals surface area contributed by atoms with Crippen LogP contribution in [0.3, 0.4) is 0 Å². The largest absolute Gasteiger partial charge is 0.507 e. The van der Waals surface area contributed by atoms with Crippen molar-refractivity contribution in [3.63, 3.8) is 0 Å². The second kappa shape index (κ2) is 5.22. The summed E-state index contributed by atoms with van der Waals surface area (Å²) in [6.07, 6.45) is 0.0534. The molecule has 0 aromatic heterocycles. The number of rotatable bonds is 1. The van der Waals surface area contributed by atoms with Crippen molar-refractivity contribution in [2.24, 2.45) is 0 Å². The molecular weight excluding hydrogens is 333 g/mol. The first kappa shape index (κ1) is 12.6. The van der Waals surface area contributed by atoms with Gasteiger partial charge >= 0.3 is 0 Å². The SMILES string of the molecule is CC1CN(C(=O)c2cc(I)ccc2O)CCO1. The van der Waals surface area contributed by atoms with Gasteiger partial charge < -0.3 is 14.7 Å². The Kier molecular flexibility index (Phi) is 3.88. The predicted octanol–water partition coefficient (Wildman–Crippen LogP) is 1.86. The maximum atomic E-state index is 12.2. The Labute approximate surface area is 114 Å². The topological polar surface area (TPSA) is 49.8 Å². The summed E-state index contributed by atoms with van der Waals surface area (Å²) in [4.78, 5) is 13.9. The zero-order chi connectivity index (χ0) is 12.4. The predicted molar refractivity (Wildman–Crippen MR) is 72.1 cm³/mol. The van der Waals surface area contributed by atoms with Gasteiger partial charge in [-0.1, -0.05) is 0 Å². The van der Waals surface area contributed by atoms with Crippen LogP contribution in [0.4, 0.5) is 0 Å². The van der Waals surface area contributed by atoms with Gasteiger partial charge in [-0.2, -0.15) is 0 Å². The molecule has 5 heteroatoms. The number of benzene rings is 1. The number of aromatic hydroxyl groups is 1. The van der Waals surface area contributed by atoms with Crippen LogP contribution in [0.2, 0.25) is 0 Å². The molecule has 1 aliphatic rings. The van der Waals surface area contributed by atoms with Gasteiger partial charge in [-0.15, -0.1) is 0 Å². The number of amides is 1. The van der Waals surface area contributed by atoms with Gasteiger partial charge in [0, 0.05) is 16.7 Å². The highest BCUT2D eigenvalue weighted by molar-refractivity contribution is 14.1. The first-order valence-electron chi connectivity index (χ1n) is 5.47. The van der Waals surface area contributed by atoms with Crippen molar-refractivity contribution in [1.82, 2.24) is 4.90 Å². The summed E-state index contributed by atoms with van der Waals surface area (Å²) in [5.41, 5.74) is 0.367. The van der Waals surface area contributed by atoms with E-state index in [4.69, 9.17) is 4.74 Å². The first-order valence-corrected chi connectivity index (χ1v) is 6.55.